The van der Waals surface area contributed by atoms with Gasteiger partial charge in [-0.1, -0.05) is 0 Å². The Kier molecular flexibility index (Phi) is 2.06. The minimum Gasteiger partial charge on any atom is -0.442 e. The summed E-state index contributed by atoms with van der Waals surface area (Å²) >= 11 is 0. The zero-order valence-corrected chi connectivity index (χ0v) is 6.84. The molecule has 2 aromatic rings. The number of oxazole rings is 1. The van der Waals surface area contributed by atoms with Gasteiger partial charge in [0.05, 0.1) is 12.8 Å². The predicted molar refractivity (Wildman–Crippen MR) is 45.7 cm³/mol. The summed E-state index contributed by atoms with van der Waals surface area (Å²) in [7, 11) is 0. The number of hydrogen-bond acceptors (Lipinski definition) is 4. The van der Waals surface area contributed by atoms with Crippen molar-refractivity contribution in [3.63, 3.8) is 0 Å². The summed E-state index contributed by atoms with van der Waals surface area (Å²) in [6, 6.07) is 3.51. The summed E-state index contributed by atoms with van der Waals surface area (Å²) in [6.07, 6.45) is 4.57. The lowest BCUT2D eigenvalue weighted by molar-refractivity contribution is 0.282. The van der Waals surface area contributed by atoms with Crippen molar-refractivity contribution in [2.45, 2.75) is 6.61 Å². The first kappa shape index (κ1) is 7.94. The van der Waals surface area contributed by atoms with Gasteiger partial charge in [-0.25, -0.2) is 4.98 Å². The van der Waals surface area contributed by atoms with Crippen LogP contribution in [-0.2, 0) is 6.61 Å². The fraction of sp³-hybridized carbons (Fsp3) is 0.111. The summed E-state index contributed by atoms with van der Waals surface area (Å²) < 4.78 is 5.06. The maximum Gasteiger partial charge on any atom is 0.181 e. The van der Waals surface area contributed by atoms with Crippen molar-refractivity contribution in [1.82, 2.24) is 9.97 Å². The maximum absolute atomic E-state index is 8.89. The molecule has 0 bridgehead atoms. The highest BCUT2D eigenvalue weighted by molar-refractivity contribution is 5.51. The molecule has 0 saturated heterocycles. The summed E-state index contributed by atoms with van der Waals surface area (Å²) in [4.78, 5) is 7.87. The van der Waals surface area contributed by atoms with E-state index in [2.05, 4.69) is 9.97 Å². The highest BCUT2D eigenvalue weighted by Crippen LogP contribution is 2.16. The number of rotatable bonds is 2. The molecule has 0 radical (unpaired) electrons. The normalized spacial score (nSPS) is 10.2. The fourth-order valence-electron chi connectivity index (χ4n) is 1.05. The van der Waals surface area contributed by atoms with Crippen LogP contribution >= 0.6 is 0 Å². The third-order valence-corrected chi connectivity index (χ3v) is 1.69. The van der Waals surface area contributed by atoms with Gasteiger partial charge in [0, 0.05) is 6.20 Å². The van der Waals surface area contributed by atoms with E-state index in [1.807, 2.05) is 0 Å². The Morgan fingerprint density at radius 3 is 3.08 bits per heavy atom. The average Bonchev–Trinajstić information content (AvgIpc) is 2.71. The molecule has 4 heteroatoms. The molecule has 2 aromatic heterocycles. The van der Waals surface area contributed by atoms with E-state index in [4.69, 9.17) is 9.52 Å². The molecule has 0 saturated carbocycles. The van der Waals surface area contributed by atoms with Gasteiger partial charge in [-0.05, 0) is 17.7 Å². The van der Waals surface area contributed by atoms with Gasteiger partial charge in [0.25, 0.3) is 0 Å². The zero-order chi connectivity index (χ0) is 9.10. The number of pyridine rings is 1. The largest absolute Gasteiger partial charge is 0.442 e. The Morgan fingerprint density at radius 2 is 2.38 bits per heavy atom. The Labute approximate surface area is 74.9 Å². The predicted octanol–water partition coefficient (Wildman–Crippen LogP) is 1.23. The number of aromatic nitrogens is 2. The van der Waals surface area contributed by atoms with E-state index in [0.717, 1.165) is 5.56 Å². The first-order chi connectivity index (χ1) is 6.40. The van der Waals surface area contributed by atoms with Gasteiger partial charge < -0.3 is 9.52 Å². The quantitative estimate of drug-likeness (QED) is 0.747. The Morgan fingerprint density at radius 1 is 1.46 bits per heavy atom. The van der Waals surface area contributed by atoms with Crippen molar-refractivity contribution in [2.24, 2.45) is 0 Å². The van der Waals surface area contributed by atoms with E-state index in [0.29, 0.717) is 11.5 Å². The van der Waals surface area contributed by atoms with Crippen LogP contribution in [0.1, 0.15) is 5.56 Å². The lowest BCUT2D eigenvalue weighted by atomic mass is 10.2. The van der Waals surface area contributed by atoms with Crippen molar-refractivity contribution in [3.8, 4) is 11.5 Å². The second kappa shape index (κ2) is 3.37. The monoisotopic (exact) mass is 176 g/mol. The van der Waals surface area contributed by atoms with Crippen LogP contribution in [0.2, 0.25) is 0 Å². The lowest BCUT2D eigenvalue weighted by Crippen LogP contribution is -1.86. The van der Waals surface area contributed by atoms with Crippen molar-refractivity contribution in [2.75, 3.05) is 0 Å². The van der Waals surface area contributed by atoms with Crippen LogP contribution in [-0.4, -0.2) is 15.1 Å². The first-order valence-corrected chi connectivity index (χ1v) is 3.85. The Bertz CT molecular complexity index is 384. The van der Waals surface area contributed by atoms with E-state index in [1.165, 1.54) is 6.39 Å². The van der Waals surface area contributed by atoms with Crippen LogP contribution in [0.3, 0.4) is 0 Å². The summed E-state index contributed by atoms with van der Waals surface area (Å²) in [6.45, 7) is 0.00363. The van der Waals surface area contributed by atoms with Gasteiger partial charge in [-0.3, -0.25) is 4.98 Å². The topological polar surface area (TPSA) is 59.2 Å². The Hall–Kier alpha value is -1.68. The van der Waals surface area contributed by atoms with Gasteiger partial charge >= 0.3 is 0 Å². The minimum atomic E-state index is 0.00363. The SMILES string of the molecule is OCc1ccnc(-c2cnco2)c1. The smallest absolute Gasteiger partial charge is 0.181 e. The van der Waals surface area contributed by atoms with Gasteiger partial charge in [-0.15, -0.1) is 0 Å². The van der Waals surface area contributed by atoms with Crippen molar-refractivity contribution < 1.29 is 9.52 Å². The zero-order valence-electron chi connectivity index (χ0n) is 6.84. The highest BCUT2D eigenvalue weighted by atomic mass is 16.3. The van der Waals surface area contributed by atoms with Gasteiger partial charge in [0.1, 0.15) is 5.69 Å². The summed E-state index contributed by atoms with van der Waals surface area (Å²) in [5, 5.41) is 8.89. The van der Waals surface area contributed by atoms with Gasteiger partial charge in [0.2, 0.25) is 0 Å². The molecular formula is C9H8N2O2. The minimum absolute atomic E-state index is 0.00363. The first-order valence-electron chi connectivity index (χ1n) is 3.85. The molecule has 0 aliphatic carbocycles. The van der Waals surface area contributed by atoms with E-state index < -0.39 is 0 Å². The second-order valence-electron chi connectivity index (χ2n) is 2.57. The van der Waals surface area contributed by atoms with Crippen molar-refractivity contribution in [3.05, 3.63) is 36.5 Å². The van der Waals surface area contributed by atoms with Crippen molar-refractivity contribution >= 4 is 0 Å². The molecule has 0 aliphatic heterocycles. The number of aliphatic hydroxyl groups is 1. The molecular weight excluding hydrogens is 168 g/mol. The van der Waals surface area contributed by atoms with Gasteiger partial charge in [-0.2, -0.15) is 0 Å². The summed E-state index contributed by atoms with van der Waals surface area (Å²) in [5.41, 5.74) is 1.49. The maximum atomic E-state index is 8.89. The molecule has 0 fully saturated rings. The average molecular weight is 176 g/mol. The fourth-order valence-corrected chi connectivity index (χ4v) is 1.05. The van der Waals surface area contributed by atoms with Crippen LogP contribution in [0.15, 0.2) is 35.3 Å². The van der Waals surface area contributed by atoms with Crippen LogP contribution in [0.5, 0.6) is 0 Å². The van der Waals surface area contributed by atoms with Crippen molar-refractivity contribution in [1.29, 1.82) is 0 Å². The number of hydrogen-bond donors (Lipinski definition) is 1. The summed E-state index contributed by atoms with van der Waals surface area (Å²) in [5.74, 6) is 0.607. The van der Waals surface area contributed by atoms with Crippen LogP contribution in [0.4, 0.5) is 0 Å². The van der Waals surface area contributed by atoms with E-state index >= 15 is 0 Å². The molecule has 4 nitrogen and oxygen atoms in total. The number of nitrogens with zero attached hydrogens (tertiary/aromatic N) is 2. The van der Waals surface area contributed by atoms with Crippen LogP contribution in [0.25, 0.3) is 11.5 Å². The molecule has 13 heavy (non-hydrogen) atoms. The lowest BCUT2D eigenvalue weighted by Gasteiger charge is -1.97. The third kappa shape index (κ3) is 1.57. The molecule has 2 rings (SSSR count). The molecule has 1 N–H and O–H groups in total. The van der Waals surface area contributed by atoms with Gasteiger partial charge in [0.15, 0.2) is 12.2 Å². The Balaban J connectivity index is 2.41. The third-order valence-electron chi connectivity index (χ3n) is 1.69. The molecule has 0 unspecified atom stereocenters. The molecule has 2 heterocycles. The van der Waals surface area contributed by atoms with E-state index in [9.17, 15) is 0 Å². The van der Waals surface area contributed by atoms with E-state index in [-0.39, 0.29) is 6.61 Å². The molecule has 0 amide bonds. The molecule has 66 valence electrons. The number of aliphatic hydroxyl groups excluding tert-OH is 1. The standard InChI is InChI=1S/C9H8N2O2/c12-5-7-1-2-11-8(3-7)9-4-10-6-13-9/h1-4,6,12H,5H2. The molecule has 0 aliphatic rings. The highest BCUT2D eigenvalue weighted by Gasteiger charge is 2.02. The van der Waals surface area contributed by atoms with Crippen LogP contribution in [0, 0.1) is 0 Å². The molecule has 0 aromatic carbocycles. The van der Waals surface area contributed by atoms with E-state index in [1.54, 1.807) is 24.5 Å². The van der Waals surface area contributed by atoms with Crippen LogP contribution < -0.4 is 0 Å². The molecule has 0 atom stereocenters. The second-order valence-corrected chi connectivity index (χ2v) is 2.57. The molecule has 0 spiro atoms.